The molecule has 0 spiro atoms. The Hall–Kier alpha value is -1.84. The first-order valence-electron chi connectivity index (χ1n) is 4.17. The highest BCUT2D eigenvalue weighted by Gasteiger charge is 1.97. The monoisotopic (exact) mass is 192 g/mol. The van der Waals surface area contributed by atoms with E-state index in [1.807, 2.05) is 37.3 Å². The van der Waals surface area contributed by atoms with Crippen LogP contribution in [0.1, 0.15) is 12.5 Å². The number of rotatable bonds is 2. The smallest absolute Gasteiger partial charge is 0.427 e. The van der Waals surface area contributed by atoms with Crippen LogP contribution in [0.2, 0.25) is 0 Å². The number of hydrazone groups is 1. The summed E-state index contributed by atoms with van der Waals surface area (Å²) >= 11 is 0. The quantitative estimate of drug-likeness (QED) is 0.573. The Morgan fingerprint density at radius 2 is 2.00 bits per heavy atom. The summed E-state index contributed by atoms with van der Waals surface area (Å²) in [6.07, 6.45) is -0.569. The summed E-state index contributed by atoms with van der Waals surface area (Å²) < 4.78 is 4.38. The van der Waals surface area contributed by atoms with Crippen LogP contribution in [0.3, 0.4) is 0 Å². The Labute approximate surface area is 82.6 Å². The maximum Gasteiger partial charge on any atom is 0.427 e. The van der Waals surface area contributed by atoms with Crippen LogP contribution in [0, 0.1) is 0 Å². The molecule has 4 nitrogen and oxygen atoms in total. The fourth-order valence-corrected chi connectivity index (χ4v) is 0.919. The van der Waals surface area contributed by atoms with E-state index in [4.69, 9.17) is 0 Å². The second kappa shape index (κ2) is 5.01. The predicted molar refractivity (Wildman–Crippen MR) is 54.2 cm³/mol. The van der Waals surface area contributed by atoms with Crippen molar-refractivity contribution in [2.75, 3.05) is 7.11 Å². The van der Waals surface area contributed by atoms with Crippen LogP contribution in [0.15, 0.2) is 35.4 Å². The molecule has 74 valence electrons. The van der Waals surface area contributed by atoms with E-state index in [1.54, 1.807) is 0 Å². The first kappa shape index (κ1) is 10.2. The molecule has 0 saturated heterocycles. The lowest BCUT2D eigenvalue weighted by atomic mass is 10.1. The van der Waals surface area contributed by atoms with Crippen LogP contribution in [0.4, 0.5) is 4.79 Å². The molecule has 0 atom stereocenters. The zero-order valence-electron chi connectivity index (χ0n) is 8.15. The van der Waals surface area contributed by atoms with Gasteiger partial charge in [-0.3, -0.25) is 0 Å². The van der Waals surface area contributed by atoms with Crippen molar-refractivity contribution in [1.82, 2.24) is 5.43 Å². The third-order valence-corrected chi connectivity index (χ3v) is 1.69. The molecular formula is C10H12N2O2. The molecule has 14 heavy (non-hydrogen) atoms. The van der Waals surface area contributed by atoms with Gasteiger partial charge in [0.2, 0.25) is 0 Å². The van der Waals surface area contributed by atoms with Crippen LogP contribution < -0.4 is 5.43 Å². The maximum atomic E-state index is 10.7. The third kappa shape index (κ3) is 2.90. The molecular weight excluding hydrogens is 180 g/mol. The number of benzene rings is 1. The molecule has 0 unspecified atom stereocenters. The number of carbonyl (C=O) groups excluding carboxylic acids is 1. The lowest BCUT2D eigenvalue weighted by Crippen LogP contribution is -2.18. The molecule has 0 aromatic heterocycles. The van der Waals surface area contributed by atoms with Crippen LogP contribution in [-0.2, 0) is 4.74 Å². The zero-order chi connectivity index (χ0) is 10.4. The van der Waals surface area contributed by atoms with Crippen LogP contribution >= 0.6 is 0 Å². The molecule has 0 fully saturated rings. The summed E-state index contributed by atoms with van der Waals surface area (Å²) in [6, 6.07) is 9.57. The van der Waals surface area contributed by atoms with Crippen molar-refractivity contribution < 1.29 is 9.53 Å². The Kier molecular flexibility index (Phi) is 3.67. The first-order chi connectivity index (χ1) is 6.74. The number of nitrogens with zero attached hydrogens (tertiary/aromatic N) is 1. The summed E-state index contributed by atoms with van der Waals surface area (Å²) in [5.74, 6) is 0. The molecule has 4 heteroatoms. The average molecular weight is 192 g/mol. The molecule has 0 saturated carbocycles. The van der Waals surface area contributed by atoms with Crippen molar-refractivity contribution in [3.8, 4) is 0 Å². The van der Waals surface area contributed by atoms with Gasteiger partial charge in [0.15, 0.2) is 0 Å². The first-order valence-corrected chi connectivity index (χ1v) is 4.17. The Morgan fingerprint density at radius 1 is 1.36 bits per heavy atom. The minimum absolute atomic E-state index is 0.569. The van der Waals surface area contributed by atoms with Crippen LogP contribution in [-0.4, -0.2) is 18.9 Å². The van der Waals surface area contributed by atoms with Crippen LogP contribution in [0.25, 0.3) is 0 Å². The van der Waals surface area contributed by atoms with Gasteiger partial charge in [0.1, 0.15) is 0 Å². The lowest BCUT2D eigenvalue weighted by molar-refractivity contribution is 0.171. The summed E-state index contributed by atoms with van der Waals surface area (Å²) in [5, 5.41) is 3.86. The Balaban J connectivity index is 2.66. The van der Waals surface area contributed by atoms with Gasteiger partial charge in [-0.05, 0) is 12.5 Å². The van der Waals surface area contributed by atoms with E-state index in [-0.39, 0.29) is 0 Å². The number of amides is 1. The van der Waals surface area contributed by atoms with Gasteiger partial charge in [-0.15, -0.1) is 0 Å². The van der Waals surface area contributed by atoms with Crippen molar-refractivity contribution in [2.24, 2.45) is 5.10 Å². The highest BCUT2D eigenvalue weighted by atomic mass is 16.5. The molecule has 0 aliphatic carbocycles. The second-order valence-corrected chi connectivity index (χ2v) is 2.67. The van der Waals surface area contributed by atoms with E-state index in [9.17, 15) is 4.79 Å². The summed E-state index contributed by atoms with van der Waals surface area (Å²) in [7, 11) is 1.29. The van der Waals surface area contributed by atoms with Crippen molar-refractivity contribution >= 4 is 11.8 Å². The number of hydrogen-bond donors (Lipinski definition) is 1. The zero-order valence-corrected chi connectivity index (χ0v) is 8.15. The number of carbonyl (C=O) groups is 1. The second-order valence-electron chi connectivity index (χ2n) is 2.67. The van der Waals surface area contributed by atoms with E-state index in [0.29, 0.717) is 0 Å². The molecule has 1 N–H and O–H groups in total. The van der Waals surface area contributed by atoms with Gasteiger partial charge >= 0.3 is 6.09 Å². The summed E-state index contributed by atoms with van der Waals surface area (Å²) in [6.45, 7) is 1.81. The molecule has 0 bridgehead atoms. The van der Waals surface area contributed by atoms with Gasteiger partial charge in [0, 0.05) is 0 Å². The molecule has 1 aromatic rings. The maximum absolute atomic E-state index is 10.7. The minimum atomic E-state index is -0.569. The molecule has 0 radical (unpaired) electrons. The van der Waals surface area contributed by atoms with Crippen molar-refractivity contribution in [3.05, 3.63) is 35.9 Å². The van der Waals surface area contributed by atoms with Crippen molar-refractivity contribution in [3.63, 3.8) is 0 Å². The topological polar surface area (TPSA) is 50.7 Å². The fraction of sp³-hybridized carbons (Fsp3) is 0.200. The Bertz CT molecular complexity index is 333. The van der Waals surface area contributed by atoms with Gasteiger partial charge in [-0.1, -0.05) is 30.3 Å². The van der Waals surface area contributed by atoms with E-state index >= 15 is 0 Å². The predicted octanol–water partition coefficient (Wildman–Crippen LogP) is 1.77. The molecule has 1 aromatic carbocycles. The highest BCUT2D eigenvalue weighted by Crippen LogP contribution is 1.99. The van der Waals surface area contributed by atoms with Crippen LogP contribution in [0.5, 0.6) is 0 Å². The fourth-order valence-electron chi connectivity index (χ4n) is 0.919. The largest absolute Gasteiger partial charge is 0.452 e. The summed E-state index contributed by atoms with van der Waals surface area (Å²) in [4.78, 5) is 10.7. The van der Waals surface area contributed by atoms with Gasteiger partial charge in [-0.25, -0.2) is 10.2 Å². The number of nitrogens with one attached hydrogen (secondary N) is 1. The van der Waals surface area contributed by atoms with E-state index < -0.39 is 6.09 Å². The summed E-state index contributed by atoms with van der Waals surface area (Å²) in [5.41, 5.74) is 3.95. The van der Waals surface area contributed by atoms with Crippen molar-refractivity contribution in [2.45, 2.75) is 6.92 Å². The molecule has 0 aliphatic heterocycles. The minimum Gasteiger partial charge on any atom is -0.452 e. The van der Waals surface area contributed by atoms with Gasteiger partial charge in [0.05, 0.1) is 12.8 Å². The van der Waals surface area contributed by atoms with Gasteiger partial charge in [-0.2, -0.15) is 5.10 Å². The molecule has 1 amide bonds. The highest BCUT2D eigenvalue weighted by molar-refractivity contribution is 5.98. The third-order valence-electron chi connectivity index (χ3n) is 1.69. The standard InChI is InChI=1S/C10H12N2O2/c1-8(11-12-10(13)14-2)9-6-4-3-5-7-9/h3-7H,1-2H3,(H,12,13). The SMILES string of the molecule is COC(=O)NN=C(C)c1ccccc1. The molecule has 0 aliphatic rings. The molecule has 1 rings (SSSR count). The lowest BCUT2D eigenvalue weighted by Gasteiger charge is -2.00. The van der Waals surface area contributed by atoms with Gasteiger partial charge < -0.3 is 4.74 Å². The van der Waals surface area contributed by atoms with E-state index in [0.717, 1.165) is 11.3 Å². The van der Waals surface area contributed by atoms with Crippen molar-refractivity contribution in [1.29, 1.82) is 0 Å². The number of methoxy groups -OCH3 is 1. The number of ether oxygens (including phenoxy) is 1. The average Bonchev–Trinajstić information content (AvgIpc) is 2.26. The van der Waals surface area contributed by atoms with E-state index in [1.165, 1.54) is 7.11 Å². The van der Waals surface area contributed by atoms with E-state index in [2.05, 4.69) is 15.3 Å². The molecule has 0 heterocycles. The normalized spacial score (nSPS) is 10.9. The number of hydrogen-bond acceptors (Lipinski definition) is 3. The van der Waals surface area contributed by atoms with Gasteiger partial charge in [0.25, 0.3) is 0 Å². The Morgan fingerprint density at radius 3 is 2.57 bits per heavy atom.